The number of carbonyl (C=O) groups excluding carboxylic acids is 1. The Morgan fingerprint density at radius 2 is 2.30 bits per heavy atom. The number of carboxylic acid groups (broad SMARTS) is 1. The number of ketones is 1. The predicted molar refractivity (Wildman–Crippen MR) is 79.3 cm³/mol. The Balaban J connectivity index is 2.06. The van der Waals surface area contributed by atoms with Gasteiger partial charge in [0.15, 0.2) is 5.78 Å². The highest BCUT2D eigenvalue weighted by atomic mass is 32.1. The highest BCUT2D eigenvalue weighted by Gasteiger charge is 2.28. The smallest absolute Gasteiger partial charge is 0.304 e. The van der Waals surface area contributed by atoms with E-state index in [-0.39, 0.29) is 12.2 Å². The van der Waals surface area contributed by atoms with Gasteiger partial charge in [0.2, 0.25) is 0 Å². The van der Waals surface area contributed by atoms with Crippen LogP contribution in [0.3, 0.4) is 0 Å². The van der Waals surface area contributed by atoms with Crippen molar-refractivity contribution in [1.29, 1.82) is 0 Å². The Hall–Kier alpha value is -1.20. The number of carbonyl (C=O) groups is 2. The molecule has 0 bridgehead atoms. The first-order valence-corrected chi connectivity index (χ1v) is 7.99. The van der Waals surface area contributed by atoms with Crippen LogP contribution in [0.4, 0.5) is 0 Å². The number of carboxylic acids is 1. The number of nitrogens with zero attached hydrogens (tertiary/aromatic N) is 1. The fraction of sp³-hybridized carbons (Fsp3) is 0.600. The van der Waals surface area contributed by atoms with Crippen molar-refractivity contribution in [3.8, 4) is 0 Å². The van der Waals surface area contributed by atoms with Crippen LogP contribution in [0.15, 0.2) is 17.5 Å². The summed E-state index contributed by atoms with van der Waals surface area (Å²) in [6.07, 6.45) is 3.41. The molecule has 0 aromatic carbocycles. The number of hydrogen-bond donors (Lipinski definition) is 1. The molecule has 2 unspecified atom stereocenters. The van der Waals surface area contributed by atoms with E-state index in [1.54, 1.807) is 6.07 Å². The van der Waals surface area contributed by atoms with E-state index in [0.29, 0.717) is 17.5 Å². The molecule has 0 radical (unpaired) electrons. The summed E-state index contributed by atoms with van der Waals surface area (Å²) in [7, 11) is 0. The lowest BCUT2D eigenvalue weighted by molar-refractivity contribution is -0.138. The number of hydrogen-bond acceptors (Lipinski definition) is 4. The van der Waals surface area contributed by atoms with Crippen molar-refractivity contribution in [2.24, 2.45) is 5.92 Å². The third kappa shape index (κ3) is 3.90. The molecular weight excluding hydrogens is 274 g/mol. The number of Topliss-reactive ketones (excluding diaryl/α,β-unsaturated/α-hetero) is 1. The van der Waals surface area contributed by atoms with Crippen LogP contribution in [-0.4, -0.2) is 40.9 Å². The Morgan fingerprint density at radius 1 is 1.50 bits per heavy atom. The van der Waals surface area contributed by atoms with E-state index in [4.69, 9.17) is 5.11 Å². The average molecular weight is 295 g/mol. The van der Waals surface area contributed by atoms with Gasteiger partial charge in [-0.2, -0.15) is 0 Å². The number of piperidine rings is 1. The van der Waals surface area contributed by atoms with Crippen molar-refractivity contribution < 1.29 is 14.7 Å². The second-order valence-electron chi connectivity index (χ2n) is 5.48. The molecule has 1 aliphatic rings. The van der Waals surface area contributed by atoms with E-state index in [0.717, 1.165) is 19.4 Å². The summed E-state index contributed by atoms with van der Waals surface area (Å²) in [5.74, 6) is -1.36. The quantitative estimate of drug-likeness (QED) is 0.820. The highest BCUT2D eigenvalue weighted by Crippen LogP contribution is 2.22. The van der Waals surface area contributed by atoms with Gasteiger partial charge in [-0.3, -0.25) is 14.5 Å². The first kappa shape index (κ1) is 15.2. The average Bonchev–Trinajstić information content (AvgIpc) is 2.93. The zero-order valence-electron chi connectivity index (χ0n) is 11.7. The minimum absolute atomic E-state index is 0.0276. The van der Waals surface area contributed by atoms with Gasteiger partial charge in [0.05, 0.1) is 11.3 Å². The Labute approximate surface area is 123 Å². The largest absolute Gasteiger partial charge is 0.481 e. The number of rotatable bonds is 6. The number of aliphatic carboxylic acids is 1. The molecule has 0 saturated carbocycles. The molecule has 1 aromatic heterocycles. The van der Waals surface area contributed by atoms with Gasteiger partial charge in [-0.25, -0.2) is 0 Å². The van der Waals surface area contributed by atoms with Crippen LogP contribution in [0.25, 0.3) is 0 Å². The van der Waals surface area contributed by atoms with Crippen molar-refractivity contribution in [3.05, 3.63) is 22.4 Å². The fourth-order valence-corrected chi connectivity index (χ4v) is 3.53. The van der Waals surface area contributed by atoms with Crippen LogP contribution in [0.2, 0.25) is 0 Å². The van der Waals surface area contributed by atoms with E-state index in [1.165, 1.54) is 17.8 Å². The lowest BCUT2D eigenvalue weighted by atomic mass is 9.95. The summed E-state index contributed by atoms with van der Waals surface area (Å²) in [6, 6.07) is 4.05. The summed E-state index contributed by atoms with van der Waals surface area (Å²) >= 11 is 1.39. The summed E-state index contributed by atoms with van der Waals surface area (Å²) in [5.41, 5.74) is 0. The topological polar surface area (TPSA) is 57.6 Å². The molecule has 2 heterocycles. The van der Waals surface area contributed by atoms with Crippen molar-refractivity contribution in [3.63, 3.8) is 0 Å². The highest BCUT2D eigenvalue weighted by molar-refractivity contribution is 7.12. The predicted octanol–water partition coefficient (Wildman–Crippen LogP) is 2.90. The van der Waals surface area contributed by atoms with Crippen LogP contribution in [0.5, 0.6) is 0 Å². The number of likely N-dealkylation sites (tertiary alicyclic amines) is 1. The Kier molecular flexibility index (Phi) is 5.31. The first-order chi connectivity index (χ1) is 9.58. The van der Waals surface area contributed by atoms with Crippen molar-refractivity contribution in [1.82, 2.24) is 4.90 Å². The minimum Gasteiger partial charge on any atom is -0.481 e. The lowest BCUT2D eigenvalue weighted by Gasteiger charge is -2.35. The van der Waals surface area contributed by atoms with E-state index >= 15 is 0 Å². The molecule has 2 rings (SSSR count). The maximum Gasteiger partial charge on any atom is 0.304 e. The normalized spacial score (nSPS) is 21.6. The molecule has 5 heteroatoms. The third-order valence-electron chi connectivity index (χ3n) is 3.95. The van der Waals surface area contributed by atoms with Gasteiger partial charge < -0.3 is 5.11 Å². The minimum atomic E-state index is -0.899. The van der Waals surface area contributed by atoms with Crippen LogP contribution < -0.4 is 0 Å². The SMILES string of the molecule is CC1CCCCN1CC(CC(=O)O)C(=O)c1cccs1. The van der Waals surface area contributed by atoms with Crippen molar-refractivity contribution in [2.75, 3.05) is 13.1 Å². The second kappa shape index (κ2) is 6.99. The van der Waals surface area contributed by atoms with Crippen LogP contribution in [0.1, 0.15) is 42.3 Å². The molecular formula is C15H21NO3S. The molecule has 1 N–H and O–H groups in total. The monoisotopic (exact) mass is 295 g/mol. The standard InChI is InChI=1S/C15H21NO3S/c1-11-5-2-3-7-16(11)10-12(9-14(17)18)15(19)13-6-4-8-20-13/h4,6,8,11-12H,2-3,5,7,9-10H2,1H3,(H,17,18). The zero-order valence-corrected chi connectivity index (χ0v) is 12.6. The van der Waals surface area contributed by atoms with E-state index in [1.807, 2.05) is 11.4 Å². The third-order valence-corrected chi connectivity index (χ3v) is 4.84. The second-order valence-corrected chi connectivity index (χ2v) is 6.42. The fourth-order valence-electron chi connectivity index (χ4n) is 2.78. The molecule has 1 fully saturated rings. The summed E-state index contributed by atoms with van der Waals surface area (Å²) in [5, 5.41) is 10.9. The molecule has 1 aliphatic heterocycles. The number of thiophene rings is 1. The Morgan fingerprint density at radius 3 is 2.90 bits per heavy atom. The molecule has 110 valence electrons. The first-order valence-electron chi connectivity index (χ1n) is 7.11. The van der Waals surface area contributed by atoms with E-state index in [2.05, 4.69) is 11.8 Å². The molecule has 4 nitrogen and oxygen atoms in total. The van der Waals surface area contributed by atoms with E-state index in [9.17, 15) is 9.59 Å². The van der Waals surface area contributed by atoms with Gasteiger partial charge in [-0.1, -0.05) is 12.5 Å². The van der Waals surface area contributed by atoms with Gasteiger partial charge in [-0.15, -0.1) is 11.3 Å². The summed E-state index contributed by atoms with van der Waals surface area (Å²) in [4.78, 5) is 26.4. The van der Waals surface area contributed by atoms with Gasteiger partial charge in [0.25, 0.3) is 0 Å². The molecule has 0 aliphatic carbocycles. The van der Waals surface area contributed by atoms with Crippen LogP contribution >= 0.6 is 11.3 Å². The zero-order chi connectivity index (χ0) is 14.5. The van der Waals surface area contributed by atoms with Gasteiger partial charge in [-0.05, 0) is 37.8 Å². The Bertz CT molecular complexity index is 458. The van der Waals surface area contributed by atoms with Gasteiger partial charge in [0, 0.05) is 18.5 Å². The van der Waals surface area contributed by atoms with Crippen molar-refractivity contribution >= 4 is 23.1 Å². The summed E-state index contributed by atoms with van der Waals surface area (Å²) < 4.78 is 0. The lowest BCUT2D eigenvalue weighted by Crippen LogP contribution is -2.42. The molecule has 20 heavy (non-hydrogen) atoms. The van der Waals surface area contributed by atoms with Crippen LogP contribution in [-0.2, 0) is 4.79 Å². The molecule has 1 aromatic rings. The van der Waals surface area contributed by atoms with Crippen LogP contribution in [0, 0.1) is 5.92 Å². The van der Waals surface area contributed by atoms with E-state index < -0.39 is 11.9 Å². The molecule has 2 atom stereocenters. The van der Waals surface area contributed by atoms with Gasteiger partial charge in [0.1, 0.15) is 0 Å². The van der Waals surface area contributed by atoms with Gasteiger partial charge >= 0.3 is 5.97 Å². The van der Waals surface area contributed by atoms with Crippen molar-refractivity contribution in [2.45, 2.75) is 38.6 Å². The maximum absolute atomic E-state index is 12.4. The molecule has 0 amide bonds. The molecule has 0 spiro atoms. The maximum atomic E-state index is 12.4. The molecule has 1 saturated heterocycles. The summed E-state index contributed by atoms with van der Waals surface area (Å²) in [6.45, 7) is 3.69.